The van der Waals surface area contributed by atoms with Gasteiger partial charge in [-0.05, 0) is 25.8 Å². The highest BCUT2D eigenvalue weighted by atomic mass is 32.2. The van der Waals surface area contributed by atoms with Crippen LogP contribution in [0.15, 0.2) is 0 Å². The fourth-order valence-electron chi connectivity index (χ4n) is 1.24. The van der Waals surface area contributed by atoms with Gasteiger partial charge in [0.25, 0.3) is 0 Å². The Morgan fingerprint density at radius 2 is 1.79 bits per heavy atom. The van der Waals surface area contributed by atoms with E-state index in [0.29, 0.717) is 13.0 Å². The zero-order valence-electron chi connectivity index (χ0n) is 9.53. The molecule has 0 aromatic carbocycles. The number of nitrogens with zero attached hydrogens (tertiary/aromatic N) is 1. The molecule has 4 nitrogen and oxygen atoms in total. The lowest BCUT2D eigenvalue weighted by atomic mass is 10.2. The maximum Gasteiger partial charge on any atom is 0.214 e. The minimum Gasteiger partial charge on any atom is -0.330 e. The van der Waals surface area contributed by atoms with Crippen LogP contribution >= 0.6 is 0 Å². The van der Waals surface area contributed by atoms with Crippen molar-refractivity contribution in [3.8, 4) is 0 Å². The van der Waals surface area contributed by atoms with Gasteiger partial charge in [-0.1, -0.05) is 13.8 Å². The Kier molecular flexibility index (Phi) is 5.63. The largest absolute Gasteiger partial charge is 0.330 e. The zero-order chi connectivity index (χ0) is 11.4. The second kappa shape index (κ2) is 5.68. The molecule has 0 saturated heterocycles. The molecule has 2 N–H and O–H groups in total. The Hall–Kier alpha value is -0.130. The highest BCUT2D eigenvalue weighted by molar-refractivity contribution is 7.89. The van der Waals surface area contributed by atoms with Crippen LogP contribution in [0.4, 0.5) is 0 Å². The monoisotopic (exact) mass is 222 g/mol. The molecule has 1 unspecified atom stereocenters. The summed E-state index contributed by atoms with van der Waals surface area (Å²) >= 11 is 0. The predicted molar refractivity (Wildman–Crippen MR) is 59.5 cm³/mol. The SMILES string of the molecule is CC(C)CS(=O)(=O)N(C)C(C)CCN. The minimum absolute atomic E-state index is 0.0104. The molecule has 0 aromatic heterocycles. The van der Waals surface area contributed by atoms with E-state index >= 15 is 0 Å². The van der Waals surface area contributed by atoms with Crippen LogP contribution in [-0.4, -0.2) is 38.1 Å². The van der Waals surface area contributed by atoms with Crippen molar-refractivity contribution in [1.82, 2.24) is 4.31 Å². The summed E-state index contributed by atoms with van der Waals surface area (Å²) in [5, 5.41) is 0. The molecule has 5 heteroatoms. The van der Waals surface area contributed by atoms with Crippen molar-refractivity contribution in [2.24, 2.45) is 11.7 Å². The molecule has 0 bridgehead atoms. The molecule has 0 spiro atoms. The summed E-state index contributed by atoms with van der Waals surface area (Å²) in [4.78, 5) is 0. The van der Waals surface area contributed by atoms with E-state index in [9.17, 15) is 8.42 Å². The Morgan fingerprint density at radius 1 is 1.29 bits per heavy atom. The number of rotatable bonds is 6. The van der Waals surface area contributed by atoms with Crippen molar-refractivity contribution in [2.45, 2.75) is 33.2 Å². The highest BCUT2D eigenvalue weighted by Gasteiger charge is 2.23. The molecule has 14 heavy (non-hydrogen) atoms. The van der Waals surface area contributed by atoms with Crippen LogP contribution < -0.4 is 5.73 Å². The minimum atomic E-state index is -3.10. The lowest BCUT2D eigenvalue weighted by molar-refractivity contribution is 0.372. The topological polar surface area (TPSA) is 63.4 Å². The standard InChI is InChI=1S/C9H22N2O2S/c1-8(2)7-14(12,13)11(4)9(3)5-6-10/h8-9H,5-7,10H2,1-4H3. The van der Waals surface area contributed by atoms with Gasteiger partial charge in [-0.3, -0.25) is 0 Å². The third-order valence-electron chi connectivity index (χ3n) is 2.19. The van der Waals surface area contributed by atoms with Gasteiger partial charge in [0, 0.05) is 13.1 Å². The van der Waals surface area contributed by atoms with Gasteiger partial charge in [-0.15, -0.1) is 0 Å². The maximum absolute atomic E-state index is 11.7. The van der Waals surface area contributed by atoms with E-state index in [0.717, 1.165) is 0 Å². The van der Waals surface area contributed by atoms with Crippen LogP contribution in [0, 0.1) is 5.92 Å². The Labute approximate surface area is 87.5 Å². The summed E-state index contributed by atoms with van der Waals surface area (Å²) in [5.41, 5.74) is 5.39. The Bertz CT molecular complexity index is 250. The molecule has 0 amide bonds. The Balaban J connectivity index is 4.42. The molecule has 0 aliphatic carbocycles. The highest BCUT2D eigenvalue weighted by Crippen LogP contribution is 2.10. The molecule has 0 rings (SSSR count). The summed E-state index contributed by atoms with van der Waals surface area (Å²) in [6.07, 6.45) is 0.702. The van der Waals surface area contributed by atoms with Crippen LogP contribution in [0.3, 0.4) is 0 Å². The average molecular weight is 222 g/mol. The van der Waals surface area contributed by atoms with Gasteiger partial charge >= 0.3 is 0 Å². The summed E-state index contributed by atoms with van der Waals surface area (Å²) in [7, 11) is -1.48. The predicted octanol–water partition coefficient (Wildman–Crippen LogP) is 0.641. The smallest absolute Gasteiger partial charge is 0.214 e. The second-order valence-electron chi connectivity index (χ2n) is 4.11. The van der Waals surface area contributed by atoms with E-state index in [1.54, 1.807) is 7.05 Å². The van der Waals surface area contributed by atoms with E-state index in [1.165, 1.54) is 4.31 Å². The maximum atomic E-state index is 11.7. The van der Waals surface area contributed by atoms with E-state index in [-0.39, 0.29) is 17.7 Å². The quantitative estimate of drug-likeness (QED) is 0.717. The fourth-order valence-corrected chi connectivity index (χ4v) is 2.97. The van der Waals surface area contributed by atoms with Crippen LogP contribution in [-0.2, 0) is 10.0 Å². The first-order chi connectivity index (χ1) is 6.31. The molecule has 1 atom stereocenters. The van der Waals surface area contributed by atoms with Gasteiger partial charge in [0.05, 0.1) is 5.75 Å². The molecule has 86 valence electrons. The summed E-state index contributed by atoms with van der Waals surface area (Å²) in [6, 6.07) is -0.0104. The molecule has 0 aliphatic heterocycles. The fraction of sp³-hybridized carbons (Fsp3) is 1.00. The normalized spacial score (nSPS) is 15.1. The van der Waals surface area contributed by atoms with Crippen LogP contribution in [0.25, 0.3) is 0 Å². The molecular weight excluding hydrogens is 200 g/mol. The molecule has 0 radical (unpaired) electrons. The van der Waals surface area contributed by atoms with E-state index in [2.05, 4.69) is 0 Å². The molecule has 0 saturated carbocycles. The van der Waals surface area contributed by atoms with Crippen molar-refractivity contribution in [2.75, 3.05) is 19.3 Å². The van der Waals surface area contributed by atoms with Crippen LogP contribution in [0.5, 0.6) is 0 Å². The van der Waals surface area contributed by atoms with Crippen molar-refractivity contribution in [3.63, 3.8) is 0 Å². The first-order valence-corrected chi connectivity index (χ1v) is 6.58. The van der Waals surface area contributed by atoms with Crippen molar-refractivity contribution in [1.29, 1.82) is 0 Å². The number of hydrogen-bond acceptors (Lipinski definition) is 3. The van der Waals surface area contributed by atoms with Gasteiger partial charge in [-0.2, -0.15) is 0 Å². The van der Waals surface area contributed by atoms with Crippen molar-refractivity contribution >= 4 is 10.0 Å². The van der Waals surface area contributed by atoms with E-state index in [1.807, 2.05) is 20.8 Å². The molecule has 0 aliphatic rings. The van der Waals surface area contributed by atoms with E-state index in [4.69, 9.17) is 5.73 Å². The first-order valence-electron chi connectivity index (χ1n) is 4.97. The van der Waals surface area contributed by atoms with Crippen LogP contribution in [0.2, 0.25) is 0 Å². The van der Waals surface area contributed by atoms with Gasteiger partial charge in [0.1, 0.15) is 0 Å². The second-order valence-corrected chi connectivity index (χ2v) is 6.19. The third-order valence-corrected chi connectivity index (χ3v) is 4.51. The lowest BCUT2D eigenvalue weighted by Gasteiger charge is -2.24. The lowest BCUT2D eigenvalue weighted by Crippen LogP contribution is -2.38. The van der Waals surface area contributed by atoms with Gasteiger partial charge in [0.2, 0.25) is 10.0 Å². The average Bonchev–Trinajstić information content (AvgIpc) is 2.01. The van der Waals surface area contributed by atoms with Crippen molar-refractivity contribution < 1.29 is 8.42 Å². The summed E-state index contributed by atoms with van der Waals surface area (Å²) < 4.78 is 24.9. The number of sulfonamides is 1. The Morgan fingerprint density at radius 3 is 2.14 bits per heavy atom. The van der Waals surface area contributed by atoms with Gasteiger partial charge in [0.15, 0.2) is 0 Å². The van der Waals surface area contributed by atoms with Gasteiger partial charge in [-0.25, -0.2) is 12.7 Å². The zero-order valence-corrected chi connectivity index (χ0v) is 10.3. The summed E-state index contributed by atoms with van der Waals surface area (Å²) in [6.45, 7) is 6.20. The molecule has 0 fully saturated rings. The molecule has 0 heterocycles. The summed E-state index contributed by atoms with van der Waals surface area (Å²) in [5.74, 6) is 0.367. The van der Waals surface area contributed by atoms with E-state index < -0.39 is 10.0 Å². The number of nitrogens with two attached hydrogens (primary N) is 1. The van der Waals surface area contributed by atoms with Gasteiger partial charge < -0.3 is 5.73 Å². The molecular formula is C9H22N2O2S. The third kappa shape index (κ3) is 4.39. The van der Waals surface area contributed by atoms with Crippen molar-refractivity contribution in [3.05, 3.63) is 0 Å². The van der Waals surface area contributed by atoms with Crippen LogP contribution in [0.1, 0.15) is 27.2 Å². The first kappa shape index (κ1) is 13.9. The number of hydrogen-bond donors (Lipinski definition) is 1. The molecule has 0 aromatic rings.